The number of amides is 1. The van der Waals surface area contributed by atoms with Gasteiger partial charge in [0.1, 0.15) is 17.4 Å². The largest absolute Gasteiger partial charge is 0.496 e. The summed E-state index contributed by atoms with van der Waals surface area (Å²) in [5.74, 6) is 1.34. The molecule has 0 saturated heterocycles. The molecule has 1 heterocycles. The van der Waals surface area contributed by atoms with E-state index < -0.39 is 0 Å². The Kier molecular flexibility index (Phi) is 14.7. The summed E-state index contributed by atoms with van der Waals surface area (Å²) >= 11 is 0. The lowest BCUT2D eigenvalue weighted by Gasteiger charge is -2.18. The summed E-state index contributed by atoms with van der Waals surface area (Å²) < 4.78 is 5.41. The number of benzene rings is 1. The molecule has 0 atom stereocenters. The zero-order chi connectivity index (χ0) is 30.2. The lowest BCUT2D eigenvalue weighted by molar-refractivity contribution is -0.113. The van der Waals surface area contributed by atoms with Gasteiger partial charge in [0.25, 0.3) is 5.91 Å². The van der Waals surface area contributed by atoms with Gasteiger partial charge in [-0.2, -0.15) is 0 Å². The number of carbonyl (C=O) groups excluding carboxylic acids is 1. The molecule has 0 radical (unpaired) electrons. The molecule has 0 spiro atoms. The van der Waals surface area contributed by atoms with Crippen molar-refractivity contribution in [1.29, 1.82) is 5.41 Å². The van der Waals surface area contributed by atoms with E-state index in [1.165, 1.54) is 30.0 Å². The number of allylic oxidation sites excluding steroid dienone is 1. The Balaban J connectivity index is 0.00000187. The fraction of sp³-hybridized carbons (Fsp3) is 0.355. The van der Waals surface area contributed by atoms with Gasteiger partial charge in [-0.3, -0.25) is 15.1 Å². The monoisotopic (exact) mass is 547 g/mol. The smallest absolute Gasteiger partial charge is 0.251 e. The van der Waals surface area contributed by atoms with Gasteiger partial charge in [-0.15, -0.1) is 0 Å². The topological polar surface area (TPSA) is 120 Å². The van der Waals surface area contributed by atoms with Gasteiger partial charge < -0.3 is 20.7 Å². The number of unbranched alkanes of at least 4 members (excludes halogenated alkanes) is 1. The van der Waals surface area contributed by atoms with E-state index in [4.69, 9.17) is 15.9 Å². The fourth-order valence-electron chi connectivity index (χ4n) is 3.26. The summed E-state index contributed by atoms with van der Waals surface area (Å²) in [7, 11) is 7.12. The Morgan fingerprint density at radius 1 is 1.20 bits per heavy atom. The first-order valence-corrected chi connectivity index (χ1v) is 13.2. The molecule has 0 aliphatic heterocycles. The number of nitrogens with zero attached hydrogens (tertiary/aromatic N) is 4. The van der Waals surface area contributed by atoms with Crippen LogP contribution in [0.1, 0.15) is 44.7 Å². The van der Waals surface area contributed by atoms with Crippen LogP contribution in [0.2, 0.25) is 0 Å². The van der Waals surface area contributed by atoms with Crippen molar-refractivity contribution in [3.8, 4) is 5.75 Å². The number of hydrogen-bond donors (Lipinski definition) is 3. The third kappa shape index (κ3) is 10.5. The Hall–Kier alpha value is -4.24. The van der Waals surface area contributed by atoms with E-state index in [0.29, 0.717) is 46.5 Å². The van der Waals surface area contributed by atoms with Gasteiger partial charge in [0.2, 0.25) is 0 Å². The number of nitrogens with one attached hydrogen (secondary N) is 2. The van der Waals surface area contributed by atoms with Crippen molar-refractivity contribution >= 4 is 29.0 Å². The summed E-state index contributed by atoms with van der Waals surface area (Å²) in [6, 6.07) is 9.02. The first-order chi connectivity index (χ1) is 19.0. The molecule has 4 N–H and O–H groups in total. The van der Waals surface area contributed by atoms with Crippen LogP contribution in [0.25, 0.3) is 0 Å². The number of aromatic nitrogens is 1. The Morgan fingerprint density at radius 3 is 2.38 bits per heavy atom. The molecule has 1 aromatic carbocycles. The molecule has 0 unspecified atom stereocenters. The molecule has 0 aliphatic carbocycles. The molecule has 216 valence electrons. The number of pyridine rings is 1. The van der Waals surface area contributed by atoms with Crippen LogP contribution in [-0.4, -0.2) is 62.1 Å². The number of nitrogens with two attached hydrogens (primary N) is 1. The molecular formula is C31H45N7O2. The number of ether oxygens (including phenoxy) is 1. The first kappa shape index (κ1) is 33.8. The molecule has 40 heavy (non-hydrogen) atoms. The second-order valence-corrected chi connectivity index (χ2v) is 9.37. The van der Waals surface area contributed by atoms with Crippen LogP contribution < -0.4 is 20.7 Å². The van der Waals surface area contributed by atoms with Gasteiger partial charge in [-0.05, 0) is 51.7 Å². The second-order valence-electron chi connectivity index (χ2n) is 9.37. The number of likely N-dealkylation sites (N-methyl/N-ethyl adjacent to an activating group) is 2. The molecular weight excluding hydrogens is 502 g/mol. The van der Waals surface area contributed by atoms with Crippen LogP contribution in [0.5, 0.6) is 5.75 Å². The summed E-state index contributed by atoms with van der Waals surface area (Å²) in [5.41, 5.74) is 9.41. The molecule has 9 nitrogen and oxygen atoms in total. The van der Waals surface area contributed by atoms with E-state index in [1.54, 1.807) is 51.6 Å². The zero-order valence-electron chi connectivity index (χ0n) is 25.2. The van der Waals surface area contributed by atoms with E-state index in [9.17, 15) is 4.79 Å². The predicted molar refractivity (Wildman–Crippen MR) is 169 cm³/mol. The van der Waals surface area contributed by atoms with Crippen molar-refractivity contribution in [1.82, 2.24) is 9.88 Å². The van der Waals surface area contributed by atoms with Crippen molar-refractivity contribution in [2.24, 2.45) is 10.7 Å². The Bertz CT molecular complexity index is 1220. The Morgan fingerprint density at radius 2 is 1.88 bits per heavy atom. The van der Waals surface area contributed by atoms with Crippen LogP contribution in [0.4, 0.5) is 11.5 Å². The van der Waals surface area contributed by atoms with Crippen molar-refractivity contribution in [2.45, 2.75) is 40.5 Å². The second kappa shape index (κ2) is 17.4. The van der Waals surface area contributed by atoms with Gasteiger partial charge in [-0.1, -0.05) is 51.5 Å². The molecule has 0 bridgehead atoms. The van der Waals surface area contributed by atoms with Crippen LogP contribution >= 0.6 is 0 Å². The summed E-state index contributed by atoms with van der Waals surface area (Å²) in [6.07, 6.45) is 8.93. The lowest BCUT2D eigenvalue weighted by Crippen LogP contribution is -2.26. The van der Waals surface area contributed by atoms with E-state index in [-0.39, 0.29) is 11.6 Å². The third-order valence-electron chi connectivity index (χ3n) is 5.71. The van der Waals surface area contributed by atoms with Gasteiger partial charge in [-0.25, -0.2) is 9.98 Å². The van der Waals surface area contributed by atoms with E-state index in [0.717, 1.165) is 5.56 Å². The van der Waals surface area contributed by atoms with E-state index in [1.807, 2.05) is 38.1 Å². The number of methoxy groups -OCH3 is 1. The maximum atomic E-state index is 12.4. The maximum Gasteiger partial charge on any atom is 0.251 e. The van der Waals surface area contributed by atoms with Crippen molar-refractivity contribution in [3.63, 3.8) is 0 Å². The lowest BCUT2D eigenvalue weighted by atomic mass is 9.98. The standard InChI is InChI=1S/C27H35N7O2.C4H10/c1-8-30-27(25(19(3)28)26(29)20-12-11-18(2)22(16-20)36-7)32-21-13-14-23(31-17-21)34(6)24(35)10-9-15-33(4)5;1-3-4-2/h8-14,16-17,29H,1,15,28H2,2-7H3,(H,30,32);3-4H2,1-2H3/b10-9+,25-19+,29-26?;. The van der Waals surface area contributed by atoms with Crippen molar-refractivity contribution < 1.29 is 9.53 Å². The first-order valence-electron chi connectivity index (χ1n) is 13.2. The number of rotatable bonds is 11. The number of hydrogen-bond acceptors (Lipinski definition) is 7. The van der Waals surface area contributed by atoms with Crippen LogP contribution in [-0.2, 0) is 4.79 Å². The van der Waals surface area contributed by atoms with Gasteiger partial charge in [0.05, 0.1) is 30.3 Å². The van der Waals surface area contributed by atoms with Crippen molar-refractivity contribution in [3.05, 3.63) is 83.9 Å². The number of aliphatic imine (C=N–C) groups is 1. The summed E-state index contributed by atoms with van der Waals surface area (Å²) in [4.78, 5) is 24.6. The average Bonchev–Trinajstić information content (AvgIpc) is 2.93. The van der Waals surface area contributed by atoms with Gasteiger partial charge in [0.15, 0.2) is 0 Å². The quantitative estimate of drug-likeness (QED) is 0.193. The van der Waals surface area contributed by atoms with Crippen LogP contribution in [0.15, 0.2) is 77.7 Å². The van der Waals surface area contributed by atoms with E-state index >= 15 is 0 Å². The van der Waals surface area contributed by atoms with Crippen molar-refractivity contribution in [2.75, 3.05) is 45.0 Å². The Labute approximate surface area is 239 Å². The average molecular weight is 548 g/mol. The summed E-state index contributed by atoms with van der Waals surface area (Å²) in [5, 5.41) is 12.0. The predicted octanol–water partition coefficient (Wildman–Crippen LogP) is 5.54. The van der Waals surface area contributed by atoms with E-state index in [2.05, 4.69) is 35.7 Å². The third-order valence-corrected chi connectivity index (χ3v) is 5.71. The highest BCUT2D eigenvalue weighted by atomic mass is 16.5. The fourth-order valence-corrected chi connectivity index (χ4v) is 3.26. The van der Waals surface area contributed by atoms with Gasteiger partial charge >= 0.3 is 0 Å². The van der Waals surface area contributed by atoms with Gasteiger partial charge in [0, 0.05) is 37.1 Å². The molecule has 2 aromatic rings. The summed E-state index contributed by atoms with van der Waals surface area (Å²) in [6.45, 7) is 12.4. The number of carbonyl (C=O) groups is 1. The highest BCUT2D eigenvalue weighted by molar-refractivity contribution is 6.32. The molecule has 1 aromatic heterocycles. The normalized spacial score (nSPS) is 11.9. The zero-order valence-corrected chi connectivity index (χ0v) is 25.2. The molecule has 0 saturated carbocycles. The van der Waals surface area contributed by atoms with Crippen LogP contribution in [0, 0.1) is 12.3 Å². The highest BCUT2D eigenvalue weighted by Crippen LogP contribution is 2.23. The minimum absolute atomic E-state index is 0.176. The molecule has 9 heteroatoms. The number of aryl methyl sites for hydroxylation is 1. The van der Waals surface area contributed by atoms with Crippen LogP contribution in [0.3, 0.4) is 0 Å². The molecule has 1 amide bonds. The maximum absolute atomic E-state index is 12.4. The highest BCUT2D eigenvalue weighted by Gasteiger charge is 2.19. The molecule has 0 fully saturated rings. The number of anilines is 2. The SMILES string of the molecule is C=CN=C(Nc1ccc(N(C)C(=O)/C=C/CN(C)C)nc1)/C(C(=N)c1ccc(C)c(OC)c1)=C(\C)N.CCCC. The minimum atomic E-state index is -0.176. The number of amidine groups is 1. The molecule has 2 rings (SSSR count). The molecule has 0 aliphatic rings. The minimum Gasteiger partial charge on any atom is -0.496 e.